The van der Waals surface area contributed by atoms with Gasteiger partial charge < -0.3 is 15.4 Å². The predicted molar refractivity (Wildman–Crippen MR) is 73.2 cm³/mol. The lowest BCUT2D eigenvalue weighted by atomic mass is 10.2. The Kier molecular flexibility index (Phi) is 6.18. The second-order valence-electron chi connectivity index (χ2n) is 4.02. The first-order valence-electron chi connectivity index (χ1n) is 6.56. The van der Waals surface area contributed by atoms with Gasteiger partial charge in [-0.2, -0.15) is 15.0 Å². The van der Waals surface area contributed by atoms with Gasteiger partial charge in [0.15, 0.2) is 0 Å². The van der Waals surface area contributed by atoms with Crippen molar-refractivity contribution in [1.82, 2.24) is 15.0 Å². The molecule has 0 saturated carbocycles. The minimum absolute atomic E-state index is 0.365. The Balaban J connectivity index is 2.82. The zero-order chi connectivity index (χ0) is 13.4. The van der Waals surface area contributed by atoms with Crippen molar-refractivity contribution in [2.24, 2.45) is 0 Å². The SMILES string of the molecule is CCCOc1nc(NC)nc(NC(CC)CC)n1. The van der Waals surface area contributed by atoms with Crippen LogP contribution in [0.3, 0.4) is 0 Å². The van der Waals surface area contributed by atoms with Crippen molar-refractivity contribution in [3.8, 4) is 6.01 Å². The number of ether oxygens (including phenoxy) is 1. The fourth-order valence-corrected chi connectivity index (χ4v) is 1.47. The van der Waals surface area contributed by atoms with Crippen LogP contribution in [0, 0.1) is 0 Å². The molecular weight excluding hydrogens is 230 g/mol. The summed E-state index contributed by atoms with van der Waals surface area (Å²) in [7, 11) is 1.78. The molecule has 1 aromatic heterocycles. The highest BCUT2D eigenvalue weighted by molar-refractivity contribution is 5.36. The molecule has 0 aliphatic heterocycles. The maximum atomic E-state index is 5.44. The molecule has 0 aromatic carbocycles. The summed E-state index contributed by atoms with van der Waals surface area (Å²) in [5, 5.41) is 6.20. The topological polar surface area (TPSA) is 72.0 Å². The second kappa shape index (κ2) is 7.68. The summed E-state index contributed by atoms with van der Waals surface area (Å²) in [5.74, 6) is 1.08. The van der Waals surface area contributed by atoms with Crippen LogP contribution in [0.5, 0.6) is 6.01 Å². The third-order valence-electron chi connectivity index (χ3n) is 2.59. The minimum atomic E-state index is 0.365. The van der Waals surface area contributed by atoms with Crippen molar-refractivity contribution < 1.29 is 4.74 Å². The van der Waals surface area contributed by atoms with E-state index in [1.165, 1.54) is 0 Å². The molecule has 6 heteroatoms. The Bertz CT molecular complexity index is 354. The van der Waals surface area contributed by atoms with Crippen LogP contribution < -0.4 is 15.4 Å². The van der Waals surface area contributed by atoms with E-state index in [0.29, 0.717) is 30.6 Å². The van der Waals surface area contributed by atoms with Gasteiger partial charge in [-0.3, -0.25) is 0 Å². The molecule has 1 heterocycles. The molecule has 1 aromatic rings. The van der Waals surface area contributed by atoms with Crippen molar-refractivity contribution in [2.45, 2.75) is 46.1 Å². The Morgan fingerprint density at radius 3 is 2.28 bits per heavy atom. The molecule has 0 atom stereocenters. The molecule has 102 valence electrons. The summed E-state index contributed by atoms with van der Waals surface area (Å²) in [6.45, 7) is 6.92. The quantitative estimate of drug-likeness (QED) is 0.740. The normalized spacial score (nSPS) is 10.5. The highest BCUT2D eigenvalue weighted by atomic mass is 16.5. The Labute approximate surface area is 109 Å². The molecule has 2 N–H and O–H groups in total. The summed E-state index contributed by atoms with van der Waals surface area (Å²) in [6.07, 6.45) is 2.99. The van der Waals surface area contributed by atoms with E-state index >= 15 is 0 Å². The zero-order valence-corrected chi connectivity index (χ0v) is 11.7. The summed E-state index contributed by atoms with van der Waals surface area (Å²) < 4.78 is 5.44. The number of nitrogens with zero attached hydrogens (tertiary/aromatic N) is 3. The lowest BCUT2D eigenvalue weighted by Crippen LogP contribution is -2.20. The molecular formula is C12H23N5O. The van der Waals surface area contributed by atoms with E-state index in [-0.39, 0.29) is 0 Å². The number of rotatable bonds is 8. The standard InChI is InChI=1S/C12H23N5O/c1-5-8-18-12-16-10(13-4)15-11(17-12)14-9(6-2)7-3/h9H,5-8H2,1-4H3,(H2,13,14,15,16,17). The second-order valence-corrected chi connectivity index (χ2v) is 4.02. The van der Waals surface area contributed by atoms with Crippen molar-refractivity contribution in [2.75, 3.05) is 24.3 Å². The van der Waals surface area contributed by atoms with Gasteiger partial charge in [0.2, 0.25) is 11.9 Å². The summed E-state index contributed by atoms with van der Waals surface area (Å²) in [4.78, 5) is 12.7. The molecule has 0 aliphatic carbocycles. The van der Waals surface area contributed by atoms with Crippen molar-refractivity contribution >= 4 is 11.9 Å². The van der Waals surface area contributed by atoms with Crippen LogP contribution in [0.15, 0.2) is 0 Å². The molecule has 0 saturated heterocycles. The van der Waals surface area contributed by atoms with E-state index in [1.54, 1.807) is 7.05 Å². The van der Waals surface area contributed by atoms with Crippen LogP contribution in [0.2, 0.25) is 0 Å². The molecule has 0 spiro atoms. The van der Waals surface area contributed by atoms with Crippen molar-refractivity contribution in [3.05, 3.63) is 0 Å². The molecule has 0 radical (unpaired) electrons. The summed E-state index contributed by atoms with van der Waals surface area (Å²) >= 11 is 0. The Morgan fingerprint density at radius 1 is 1.06 bits per heavy atom. The van der Waals surface area contributed by atoms with Gasteiger partial charge in [0.25, 0.3) is 0 Å². The molecule has 0 bridgehead atoms. The maximum absolute atomic E-state index is 5.44. The number of anilines is 2. The molecule has 18 heavy (non-hydrogen) atoms. The van der Waals surface area contributed by atoms with E-state index < -0.39 is 0 Å². The average molecular weight is 253 g/mol. The largest absolute Gasteiger partial charge is 0.463 e. The van der Waals surface area contributed by atoms with Crippen LogP contribution in [-0.2, 0) is 0 Å². The van der Waals surface area contributed by atoms with E-state index in [1.807, 2.05) is 6.92 Å². The highest BCUT2D eigenvalue weighted by Crippen LogP contribution is 2.13. The van der Waals surface area contributed by atoms with Crippen LogP contribution in [0.4, 0.5) is 11.9 Å². The van der Waals surface area contributed by atoms with Crippen LogP contribution in [0.1, 0.15) is 40.0 Å². The number of hydrogen-bond acceptors (Lipinski definition) is 6. The fraction of sp³-hybridized carbons (Fsp3) is 0.750. The average Bonchev–Trinajstić information content (AvgIpc) is 2.42. The van der Waals surface area contributed by atoms with Gasteiger partial charge in [0.05, 0.1) is 6.61 Å². The lowest BCUT2D eigenvalue weighted by Gasteiger charge is -2.15. The van der Waals surface area contributed by atoms with E-state index in [2.05, 4.69) is 39.4 Å². The van der Waals surface area contributed by atoms with Gasteiger partial charge in [0.1, 0.15) is 0 Å². The maximum Gasteiger partial charge on any atom is 0.323 e. The van der Waals surface area contributed by atoms with Gasteiger partial charge in [-0.05, 0) is 19.3 Å². The third kappa shape index (κ3) is 4.35. The summed E-state index contributed by atoms with van der Waals surface area (Å²) in [6, 6.07) is 0.737. The predicted octanol–water partition coefficient (Wildman–Crippen LogP) is 2.30. The van der Waals surface area contributed by atoms with Crippen molar-refractivity contribution in [3.63, 3.8) is 0 Å². The molecule has 6 nitrogen and oxygen atoms in total. The van der Waals surface area contributed by atoms with Gasteiger partial charge >= 0.3 is 6.01 Å². The molecule has 0 fully saturated rings. The number of hydrogen-bond donors (Lipinski definition) is 2. The van der Waals surface area contributed by atoms with Crippen LogP contribution >= 0.6 is 0 Å². The van der Waals surface area contributed by atoms with Gasteiger partial charge in [0, 0.05) is 13.1 Å². The zero-order valence-electron chi connectivity index (χ0n) is 11.7. The molecule has 1 rings (SSSR count). The van der Waals surface area contributed by atoms with Crippen LogP contribution in [-0.4, -0.2) is 34.6 Å². The summed E-state index contributed by atoms with van der Waals surface area (Å²) in [5.41, 5.74) is 0. The lowest BCUT2D eigenvalue weighted by molar-refractivity contribution is 0.292. The van der Waals surface area contributed by atoms with Gasteiger partial charge in [-0.15, -0.1) is 0 Å². The van der Waals surface area contributed by atoms with Crippen molar-refractivity contribution in [1.29, 1.82) is 0 Å². The first-order valence-corrected chi connectivity index (χ1v) is 6.56. The van der Waals surface area contributed by atoms with E-state index in [0.717, 1.165) is 19.3 Å². The molecule has 0 aliphatic rings. The van der Waals surface area contributed by atoms with Crippen LogP contribution in [0.25, 0.3) is 0 Å². The van der Waals surface area contributed by atoms with E-state index in [9.17, 15) is 0 Å². The smallest absolute Gasteiger partial charge is 0.323 e. The minimum Gasteiger partial charge on any atom is -0.463 e. The number of aromatic nitrogens is 3. The van der Waals surface area contributed by atoms with E-state index in [4.69, 9.17) is 4.74 Å². The van der Waals surface area contributed by atoms with Gasteiger partial charge in [-0.25, -0.2) is 0 Å². The first kappa shape index (κ1) is 14.5. The highest BCUT2D eigenvalue weighted by Gasteiger charge is 2.09. The third-order valence-corrected chi connectivity index (χ3v) is 2.59. The first-order chi connectivity index (χ1) is 8.73. The number of nitrogens with one attached hydrogen (secondary N) is 2. The fourth-order valence-electron chi connectivity index (χ4n) is 1.47. The Morgan fingerprint density at radius 2 is 1.72 bits per heavy atom. The molecule has 0 unspecified atom stereocenters. The molecule has 0 amide bonds. The Hall–Kier alpha value is -1.59. The monoisotopic (exact) mass is 253 g/mol. The van der Waals surface area contributed by atoms with Gasteiger partial charge in [-0.1, -0.05) is 20.8 Å².